The van der Waals surface area contributed by atoms with Crippen LogP contribution in [0, 0.1) is 5.82 Å². The van der Waals surface area contributed by atoms with E-state index in [9.17, 15) is 18.8 Å². The Kier molecular flexibility index (Phi) is 4.54. The maximum Gasteiger partial charge on any atom is 0.259 e. The molecule has 0 saturated heterocycles. The number of anilines is 1. The Hall–Kier alpha value is -2.74. The summed E-state index contributed by atoms with van der Waals surface area (Å²) in [5.41, 5.74) is 6.36. The Bertz CT molecular complexity index is 878. The SMILES string of the molecule is CC(=O)N1CCc2c(sc(NC(=O)c3ccccc3F)c2C(N)=O)C1. The number of nitrogens with zero attached hydrogens (tertiary/aromatic N) is 1. The predicted octanol–water partition coefficient (Wildman–Crippen LogP) is 2.14. The molecule has 0 radical (unpaired) electrons. The predicted molar refractivity (Wildman–Crippen MR) is 92.0 cm³/mol. The van der Waals surface area contributed by atoms with Gasteiger partial charge in [-0.25, -0.2) is 4.39 Å². The molecule has 8 heteroatoms. The van der Waals surface area contributed by atoms with E-state index in [0.29, 0.717) is 19.5 Å². The fourth-order valence-electron chi connectivity index (χ4n) is 2.84. The van der Waals surface area contributed by atoms with Crippen LogP contribution >= 0.6 is 11.3 Å². The molecule has 2 aromatic rings. The molecule has 3 amide bonds. The van der Waals surface area contributed by atoms with E-state index < -0.39 is 17.6 Å². The zero-order valence-electron chi connectivity index (χ0n) is 13.5. The molecule has 3 rings (SSSR count). The highest BCUT2D eigenvalue weighted by atomic mass is 32.1. The minimum Gasteiger partial charge on any atom is -0.365 e. The molecule has 130 valence electrons. The number of thiophene rings is 1. The van der Waals surface area contributed by atoms with Gasteiger partial charge in [-0.3, -0.25) is 14.4 Å². The van der Waals surface area contributed by atoms with Crippen molar-refractivity contribution >= 4 is 34.1 Å². The number of benzene rings is 1. The van der Waals surface area contributed by atoms with Crippen molar-refractivity contribution in [1.29, 1.82) is 0 Å². The fraction of sp³-hybridized carbons (Fsp3) is 0.235. The van der Waals surface area contributed by atoms with Crippen LogP contribution < -0.4 is 11.1 Å². The second kappa shape index (κ2) is 6.64. The minimum atomic E-state index is -0.655. The van der Waals surface area contributed by atoms with Gasteiger partial charge in [-0.2, -0.15) is 0 Å². The third-order valence-corrected chi connectivity index (χ3v) is 5.23. The molecule has 1 aliphatic rings. The molecule has 1 aliphatic heterocycles. The van der Waals surface area contributed by atoms with Crippen LogP contribution in [0.4, 0.5) is 9.39 Å². The Morgan fingerprint density at radius 3 is 2.64 bits per heavy atom. The first kappa shape index (κ1) is 17.1. The number of primary amides is 1. The zero-order chi connectivity index (χ0) is 18.1. The number of rotatable bonds is 3. The molecule has 25 heavy (non-hydrogen) atoms. The molecule has 3 N–H and O–H groups in total. The molecule has 0 saturated carbocycles. The summed E-state index contributed by atoms with van der Waals surface area (Å²) >= 11 is 1.19. The maximum absolute atomic E-state index is 13.8. The van der Waals surface area contributed by atoms with Gasteiger partial charge in [-0.15, -0.1) is 11.3 Å². The number of hydrogen-bond acceptors (Lipinski definition) is 4. The first-order valence-electron chi connectivity index (χ1n) is 7.64. The summed E-state index contributed by atoms with van der Waals surface area (Å²) in [4.78, 5) is 38.2. The molecular weight excluding hydrogens is 345 g/mol. The van der Waals surface area contributed by atoms with Gasteiger partial charge < -0.3 is 16.0 Å². The van der Waals surface area contributed by atoms with E-state index in [1.807, 2.05) is 0 Å². The second-order valence-electron chi connectivity index (χ2n) is 5.70. The first-order chi connectivity index (χ1) is 11.9. The Morgan fingerprint density at radius 1 is 1.28 bits per heavy atom. The van der Waals surface area contributed by atoms with Gasteiger partial charge in [-0.05, 0) is 24.1 Å². The second-order valence-corrected chi connectivity index (χ2v) is 6.80. The van der Waals surface area contributed by atoms with Gasteiger partial charge in [0.1, 0.15) is 10.8 Å². The normalized spacial score (nSPS) is 13.3. The fourth-order valence-corrected chi connectivity index (χ4v) is 4.10. The molecule has 0 bridgehead atoms. The van der Waals surface area contributed by atoms with E-state index in [2.05, 4.69) is 5.32 Å². The molecule has 0 aliphatic carbocycles. The monoisotopic (exact) mass is 361 g/mol. The third kappa shape index (κ3) is 3.25. The van der Waals surface area contributed by atoms with Crippen molar-refractivity contribution in [2.45, 2.75) is 19.9 Å². The lowest BCUT2D eigenvalue weighted by atomic mass is 10.0. The number of halogens is 1. The molecule has 0 fully saturated rings. The summed E-state index contributed by atoms with van der Waals surface area (Å²) in [6, 6.07) is 5.59. The van der Waals surface area contributed by atoms with Crippen LogP contribution in [-0.2, 0) is 17.8 Å². The number of fused-ring (bicyclic) bond motifs is 1. The minimum absolute atomic E-state index is 0.0587. The number of hydrogen-bond donors (Lipinski definition) is 2. The van der Waals surface area contributed by atoms with Crippen molar-refractivity contribution in [1.82, 2.24) is 4.90 Å². The summed E-state index contributed by atoms with van der Waals surface area (Å²) in [6.45, 7) is 2.33. The van der Waals surface area contributed by atoms with Gasteiger partial charge in [0.15, 0.2) is 0 Å². The first-order valence-corrected chi connectivity index (χ1v) is 8.46. The molecule has 0 spiro atoms. The van der Waals surface area contributed by atoms with Gasteiger partial charge in [-0.1, -0.05) is 12.1 Å². The van der Waals surface area contributed by atoms with E-state index >= 15 is 0 Å². The van der Waals surface area contributed by atoms with Crippen LogP contribution in [-0.4, -0.2) is 29.2 Å². The number of carbonyl (C=O) groups excluding carboxylic acids is 3. The summed E-state index contributed by atoms with van der Waals surface area (Å²) in [7, 11) is 0. The van der Waals surface area contributed by atoms with Crippen molar-refractivity contribution in [2.24, 2.45) is 5.73 Å². The van der Waals surface area contributed by atoms with Crippen molar-refractivity contribution < 1.29 is 18.8 Å². The zero-order valence-corrected chi connectivity index (χ0v) is 14.3. The standard InChI is InChI=1S/C17H16FN3O3S/c1-9(22)21-7-6-11-13(8-21)25-17(14(11)15(19)23)20-16(24)10-4-2-3-5-12(10)18/h2-5H,6-8H2,1H3,(H2,19,23)(H,20,24). The van der Waals surface area contributed by atoms with Crippen LogP contribution in [0.1, 0.15) is 38.1 Å². The van der Waals surface area contributed by atoms with E-state index in [1.54, 1.807) is 11.0 Å². The molecule has 1 aromatic heterocycles. The number of amides is 3. The third-order valence-electron chi connectivity index (χ3n) is 4.09. The van der Waals surface area contributed by atoms with Crippen molar-refractivity contribution in [3.63, 3.8) is 0 Å². The van der Waals surface area contributed by atoms with Crippen molar-refractivity contribution in [3.05, 3.63) is 51.7 Å². The summed E-state index contributed by atoms with van der Waals surface area (Å²) < 4.78 is 13.8. The van der Waals surface area contributed by atoms with Gasteiger partial charge in [0.25, 0.3) is 11.8 Å². The molecule has 6 nitrogen and oxygen atoms in total. The van der Waals surface area contributed by atoms with Gasteiger partial charge in [0.2, 0.25) is 5.91 Å². The summed E-state index contributed by atoms with van der Waals surface area (Å²) in [5, 5.41) is 2.87. The van der Waals surface area contributed by atoms with Crippen LogP contribution in [0.5, 0.6) is 0 Å². The highest BCUT2D eigenvalue weighted by Gasteiger charge is 2.28. The molecule has 1 aromatic carbocycles. The lowest BCUT2D eigenvalue weighted by Gasteiger charge is -2.25. The Morgan fingerprint density at radius 2 is 2.00 bits per heavy atom. The van der Waals surface area contributed by atoms with Gasteiger partial charge >= 0.3 is 0 Å². The average molecular weight is 361 g/mol. The smallest absolute Gasteiger partial charge is 0.259 e. The summed E-state index contributed by atoms with van der Waals surface area (Å²) in [5.74, 6) is -2.01. The van der Waals surface area contributed by atoms with Crippen LogP contribution in [0.2, 0.25) is 0 Å². The van der Waals surface area contributed by atoms with Crippen LogP contribution in [0.3, 0.4) is 0 Å². The molecule has 0 atom stereocenters. The van der Waals surface area contributed by atoms with Crippen molar-refractivity contribution in [2.75, 3.05) is 11.9 Å². The van der Waals surface area contributed by atoms with Crippen LogP contribution in [0.15, 0.2) is 24.3 Å². The highest BCUT2D eigenvalue weighted by molar-refractivity contribution is 7.17. The highest BCUT2D eigenvalue weighted by Crippen LogP contribution is 2.37. The van der Waals surface area contributed by atoms with Crippen molar-refractivity contribution in [3.8, 4) is 0 Å². The van der Waals surface area contributed by atoms with E-state index in [1.165, 1.54) is 36.5 Å². The van der Waals surface area contributed by atoms with E-state index in [-0.39, 0.29) is 22.0 Å². The quantitative estimate of drug-likeness (QED) is 0.877. The topological polar surface area (TPSA) is 92.5 Å². The van der Waals surface area contributed by atoms with Gasteiger partial charge in [0, 0.05) is 18.3 Å². The van der Waals surface area contributed by atoms with E-state index in [4.69, 9.17) is 5.73 Å². The van der Waals surface area contributed by atoms with Crippen LogP contribution in [0.25, 0.3) is 0 Å². The number of carbonyl (C=O) groups is 3. The summed E-state index contributed by atoms with van der Waals surface area (Å²) in [6.07, 6.45) is 0.485. The molecular formula is C17H16FN3O3S. The lowest BCUT2D eigenvalue weighted by Crippen LogP contribution is -2.34. The number of nitrogens with one attached hydrogen (secondary N) is 1. The molecule has 2 heterocycles. The maximum atomic E-state index is 13.8. The largest absolute Gasteiger partial charge is 0.365 e. The lowest BCUT2D eigenvalue weighted by molar-refractivity contribution is -0.129. The van der Waals surface area contributed by atoms with E-state index in [0.717, 1.165) is 10.4 Å². The Labute approximate surface area is 147 Å². The molecule has 0 unspecified atom stereocenters. The average Bonchev–Trinajstić information content (AvgIpc) is 2.91. The Balaban J connectivity index is 1.94. The number of nitrogens with two attached hydrogens (primary N) is 1. The van der Waals surface area contributed by atoms with Gasteiger partial charge in [0.05, 0.1) is 17.7 Å².